The van der Waals surface area contributed by atoms with E-state index in [0.29, 0.717) is 30.4 Å². The summed E-state index contributed by atoms with van der Waals surface area (Å²) in [6.07, 6.45) is 5.46. The number of fused-ring (bicyclic) bond motifs is 2. The molecule has 0 aromatic heterocycles. The first kappa shape index (κ1) is 40.4. The number of hydrogen-bond donors (Lipinski definition) is 0. The summed E-state index contributed by atoms with van der Waals surface area (Å²) in [7, 11) is 0. The molecule has 8 rings (SSSR count). The Labute approximate surface area is 347 Å². The lowest BCUT2D eigenvalue weighted by atomic mass is 9.79. The molecule has 2 unspecified atom stereocenters. The Balaban J connectivity index is 1.21. The lowest BCUT2D eigenvalue weighted by Crippen LogP contribution is -2.65. The minimum atomic E-state index is -1.34. The molecule has 0 radical (unpaired) electrons. The predicted octanol–water partition coefficient (Wildman–Crippen LogP) is 11.8. The third-order valence-electron chi connectivity index (χ3n) is 11.7. The molecule has 300 valence electrons. The van der Waals surface area contributed by atoms with Gasteiger partial charge >= 0.3 is 0 Å². The summed E-state index contributed by atoms with van der Waals surface area (Å²) in [6, 6.07) is 44.2. The SMILES string of the molecule is CCC1=CCC(Cc2cc3c(cc2Cl)C(F)C[C@]32O[C@H](COCc3ccccc3)[C@@H](OCc3ccccc3)[C@H](OCc3ccccc3)[C@H]2OCc2ccccc2)C=C1. The van der Waals surface area contributed by atoms with Crippen molar-refractivity contribution in [1.82, 2.24) is 0 Å². The lowest BCUT2D eigenvalue weighted by molar-refractivity contribution is -0.314. The molecule has 5 aromatic carbocycles. The molecule has 7 heteroatoms. The van der Waals surface area contributed by atoms with Gasteiger partial charge in [-0.05, 0) is 70.2 Å². The topological polar surface area (TPSA) is 46.2 Å². The zero-order valence-corrected chi connectivity index (χ0v) is 33.8. The van der Waals surface area contributed by atoms with Gasteiger partial charge in [0.05, 0.1) is 33.0 Å². The summed E-state index contributed by atoms with van der Waals surface area (Å²) in [5.41, 5.74) is 6.41. The largest absolute Gasteiger partial charge is 0.374 e. The van der Waals surface area contributed by atoms with Crippen molar-refractivity contribution in [3.8, 4) is 0 Å². The number of rotatable bonds is 16. The maximum absolute atomic E-state index is 16.9. The molecule has 1 fully saturated rings. The number of halogens is 2. The summed E-state index contributed by atoms with van der Waals surface area (Å²) in [5, 5.41) is 0.568. The number of benzene rings is 5. The van der Waals surface area contributed by atoms with Crippen LogP contribution in [0.1, 0.15) is 71.3 Å². The van der Waals surface area contributed by atoms with Crippen LogP contribution in [0.5, 0.6) is 0 Å². The predicted molar refractivity (Wildman–Crippen MR) is 227 cm³/mol. The van der Waals surface area contributed by atoms with Gasteiger partial charge in [-0.25, -0.2) is 4.39 Å². The molecule has 2 aliphatic carbocycles. The maximum Gasteiger partial charge on any atom is 0.129 e. The third-order valence-corrected chi connectivity index (χ3v) is 12.0. The van der Waals surface area contributed by atoms with Crippen molar-refractivity contribution in [3.63, 3.8) is 0 Å². The highest BCUT2D eigenvalue weighted by molar-refractivity contribution is 6.31. The molecule has 1 aliphatic heterocycles. The van der Waals surface area contributed by atoms with E-state index in [4.69, 9.17) is 35.3 Å². The summed E-state index contributed by atoms with van der Waals surface area (Å²) < 4.78 is 51.8. The Hall–Kier alpha value is -4.40. The molecule has 1 heterocycles. The van der Waals surface area contributed by atoms with Crippen LogP contribution in [0.2, 0.25) is 5.02 Å². The summed E-state index contributed by atoms with van der Waals surface area (Å²) >= 11 is 7.03. The second-order valence-corrected chi connectivity index (χ2v) is 16.1. The van der Waals surface area contributed by atoms with E-state index in [-0.39, 0.29) is 25.6 Å². The minimum absolute atomic E-state index is 0.0410. The van der Waals surface area contributed by atoms with Crippen LogP contribution in [0, 0.1) is 5.92 Å². The van der Waals surface area contributed by atoms with Gasteiger partial charge in [-0.2, -0.15) is 0 Å². The van der Waals surface area contributed by atoms with Gasteiger partial charge in [-0.3, -0.25) is 0 Å². The fourth-order valence-corrected chi connectivity index (χ4v) is 8.89. The first-order valence-corrected chi connectivity index (χ1v) is 21.0. The molecule has 1 saturated heterocycles. The van der Waals surface area contributed by atoms with Gasteiger partial charge in [-0.1, -0.05) is 170 Å². The second-order valence-electron chi connectivity index (χ2n) is 15.7. The van der Waals surface area contributed by atoms with Crippen molar-refractivity contribution in [2.75, 3.05) is 6.61 Å². The summed E-state index contributed by atoms with van der Waals surface area (Å²) in [5.74, 6) is 0.277. The van der Waals surface area contributed by atoms with Gasteiger partial charge < -0.3 is 23.7 Å². The van der Waals surface area contributed by atoms with Crippen LogP contribution in [0.3, 0.4) is 0 Å². The Morgan fingerprint density at radius 3 is 1.81 bits per heavy atom. The zero-order valence-electron chi connectivity index (χ0n) is 33.1. The molecule has 0 amide bonds. The summed E-state index contributed by atoms with van der Waals surface area (Å²) in [4.78, 5) is 0. The molecular formula is C51H52ClFO5. The van der Waals surface area contributed by atoms with E-state index < -0.39 is 36.2 Å². The molecule has 5 aromatic rings. The van der Waals surface area contributed by atoms with Crippen LogP contribution >= 0.6 is 11.6 Å². The highest BCUT2D eigenvalue weighted by Gasteiger charge is 2.62. The average Bonchev–Trinajstić information content (AvgIpc) is 3.53. The second kappa shape index (κ2) is 19.1. The van der Waals surface area contributed by atoms with Crippen LogP contribution in [-0.4, -0.2) is 31.0 Å². The van der Waals surface area contributed by atoms with Crippen molar-refractivity contribution in [1.29, 1.82) is 0 Å². The molecular weight excluding hydrogens is 747 g/mol. The Kier molecular flexibility index (Phi) is 13.3. The highest BCUT2D eigenvalue weighted by Crippen LogP contribution is 2.56. The average molecular weight is 799 g/mol. The molecule has 0 saturated carbocycles. The van der Waals surface area contributed by atoms with E-state index in [1.807, 2.05) is 127 Å². The van der Waals surface area contributed by atoms with E-state index >= 15 is 4.39 Å². The molecule has 0 N–H and O–H groups in total. The van der Waals surface area contributed by atoms with E-state index in [2.05, 4.69) is 31.2 Å². The zero-order chi connectivity index (χ0) is 39.7. The Bertz CT molecular complexity index is 2130. The van der Waals surface area contributed by atoms with Crippen LogP contribution in [0.4, 0.5) is 4.39 Å². The van der Waals surface area contributed by atoms with Gasteiger partial charge in [0.25, 0.3) is 0 Å². The van der Waals surface area contributed by atoms with Crippen molar-refractivity contribution in [2.24, 2.45) is 5.92 Å². The van der Waals surface area contributed by atoms with Crippen molar-refractivity contribution in [2.45, 2.75) is 95.2 Å². The number of ether oxygens (including phenoxy) is 5. The number of alkyl halides is 1. The van der Waals surface area contributed by atoms with Crippen LogP contribution in [-0.2, 0) is 62.1 Å². The van der Waals surface area contributed by atoms with Crippen LogP contribution in [0.15, 0.2) is 157 Å². The molecule has 5 nitrogen and oxygen atoms in total. The first-order chi connectivity index (χ1) is 28.5. The van der Waals surface area contributed by atoms with E-state index in [9.17, 15) is 0 Å². The van der Waals surface area contributed by atoms with Crippen LogP contribution in [0.25, 0.3) is 0 Å². The minimum Gasteiger partial charge on any atom is -0.374 e. The van der Waals surface area contributed by atoms with E-state index in [1.54, 1.807) is 0 Å². The van der Waals surface area contributed by atoms with Crippen molar-refractivity contribution in [3.05, 3.63) is 201 Å². The Morgan fingerprint density at radius 1 is 0.707 bits per heavy atom. The van der Waals surface area contributed by atoms with Crippen molar-refractivity contribution < 1.29 is 28.1 Å². The van der Waals surface area contributed by atoms with Gasteiger partial charge in [0.1, 0.15) is 36.2 Å². The van der Waals surface area contributed by atoms with Crippen LogP contribution < -0.4 is 0 Å². The lowest BCUT2D eigenvalue weighted by Gasteiger charge is -2.52. The molecule has 3 aliphatic rings. The number of allylic oxidation sites excluding steroid dienone is 4. The molecule has 1 spiro atoms. The highest BCUT2D eigenvalue weighted by atomic mass is 35.5. The maximum atomic E-state index is 16.9. The fraction of sp³-hybridized carbons (Fsp3) is 0.333. The standard InChI is InChI=1S/C51H52ClFO5/c1-2-36-23-25-37(26-24-36)27-42-28-44-43(29-45(42)52)46(53)30-51(44)50(57-34-41-21-13-6-14-22-41)49(56-33-40-19-11-5-12-20-40)48(55-32-39-17-9-4-10-18-39)47(58-51)35-54-31-38-15-7-3-8-16-38/h3-25,28-29,37,46-50H,2,26-27,30-35H2,1H3/t37?,46?,47-,48-,49+,50-,51+/m1/s1. The van der Waals surface area contributed by atoms with Gasteiger partial charge in [-0.15, -0.1) is 0 Å². The quantitative estimate of drug-likeness (QED) is 0.0995. The molecule has 0 bridgehead atoms. The van der Waals surface area contributed by atoms with E-state index in [0.717, 1.165) is 52.6 Å². The Morgan fingerprint density at radius 2 is 1.26 bits per heavy atom. The smallest absolute Gasteiger partial charge is 0.129 e. The van der Waals surface area contributed by atoms with Gasteiger partial charge in [0.15, 0.2) is 0 Å². The van der Waals surface area contributed by atoms with E-state index in [1.165, 1.54) is 5.57 Å². The molecule has 7 atom stereocenters. The van der Waals surface area contributed by atoms with Gasteiger partial charge in [0, 0.05) is 11.4 Å². The number of hydrogen-bond acceptors (Lipinski definition) is 5. The first-order valence-electron chi connectivity index (χ1n) is 20.6. The van der Waals surface area contributed by atoms with Gasteiger partial charge in [0.2, 0.25) is 0 Å². The normalized spacial score (nSPS) is 25.1. The monoisotopic (exact) mass is 798 g/mol. The molecule has 58 heavy (non-hydrogen) atoms. The van der Waals surface area contributed by atoms with Crippen molar-refractivity contribution >= 4 is 11.6 Å². The fourth-order valence-electron chi connectivity index (χ4n) is 8.64. The third kappa shape index (κ3) is 9.39. The summed E-state index contributed by atoms with van der Waals surface area (Å²) in [6.45, 7) is 3.64.